The molecule has 3 aliphatic rings. The third-order valence-electron chi connectivity index (χ3n) is 9.87. The van der Waals surface area contributed by atoms with Crippen LogP contribution in [0.2, 0.25) is 0 Å². The fourth-order valence-electron chi connectivity index (χ4n) is 7.23. The number of piperidine rings is 1. The molecule has 272 valence electrons. The molecule has 3 amide bonds. The number of anilines is 1. The lowest BCUT2D eigenvalue weighted by Crippen LogP contribution is -2.61. The topological polar surface area (TPSA) is 146 Å². The van der Waals surface area contributed by atoms with E-state index in [-0.39, 0.29) is 39.9 Å². The summed E-state index contributed by atoms with van der Waals surface area (Å²) in [6.45, 7) is 6.31. The van der Waals surface area contributed by atoms with Crippen molar-refractivity contribution in [2.75, 3.05) is 78.5 Å². The van der Waals surface area contributed by atoms with Crippen LogP contribution in [0.3, 0.4) is 0 Å². The molecular weight excluding hydrogens is 675 g/mol. The van der Waals surface area contributed by atoms with Crippen LogP contribution in [0, 0.1) is 0 Å². The predicted molar refractivity (Wildman–Crippen MR) is 193 cm³/mol. The molecule has 1 aromatic heterocycles. The molecule has 2 saturated heterocycles. The van der Waals surface area contributed by atoms with Gasteiger partial charge in [0.1, 0.15) is 16.4 Å². The number of fused-ring (bicyclic) bond motifs is 1. The molecule has 1 N–H and O–H groups in total. The molecule has 0 radical (unpaired) electrons. The highest BCUT2D eigenvalue weighted by molar-refractivity contribution is 7.93. The summed E-state index contributed by atoms with van der Waals surface area (Å²) in [6, 6.07) is 12.3. The number of likely N-dealkylation sites (tertiary alicyclic amines) is 1. The number of hydrogen-bond donors (Lipinski definition) is 1. The Hall–Kier alpha value is -4.73. The summed E-state index contributed by atoms with van der Waals surface area (Å²) in [7, 11) is 1.89. The number of pyridine rings is 1. The number of rotatable bonds is 10. The highest BCUT2D eigenvalue weighted by Crippen LogP contribution is 2.50. The number of urea groups is 1. The maximum atomic E-state index is 15.3. The number of carbonyl (C=O) groups excluding carboxylic acids is 2. The Balaban J connectivity index is 1.46. The molecule has 3 aliphatic heterocycles. The molecule has 2 aromatic carbocycles. The van der Waals surface area contributed by atoms with Crippen LogP contribution in [0.5, 0.6) is 17.4 Å². The molecule has 15 heteroatoms. The monoisotopic (exact) mass is 719 g/mol. The molecule has 0 bridgehead atoms. The summed E-state index contributed by atoms with van der Waals surface area (Å²) in [5.74, 6) is -0.480. The highest BCUT2D eigenvalue weighted by atomic mass is 32.2. The lowest BCUT2D eigenvalue weighted by atomic mass is 9.83. The zero-order valence-electron chi connectivity index (χ0n) is 29.7. The van der Waals surface area contributed by atoms with Crippen LogP contribution < -0.4 is 23.8 Å². The molecule has 4 heterocycles. The number of piperazine rings is 1. The molecule has 0 spiro atoms. The lowest BCUT2D eigenvalue weighted by molar-refractivity contribution is -0.121. The van der Waals surface area contributed by atoms with Gasteiger partial charge in [0.25, 0.3) is 15.9 Å². The molecule has 0 saturated carbocycles. The number of carbonyl (C=O) groups is 2. The minimum atomic E-state index is -4.65. The van der Waals surface area contributed by atoms with Gasteiger partial charge in [0.2, 0.25) is 5.88 Å². The summed E-state index contributed by atoms with van der Waals surface area (Å²) in [5, 5.41) is 3.04. The molecule has 2 fully saturated rings. The van der Waals surface area contributed by atoms with E-state index >= 15 is 4.79 Å². The van der Waals surface area contributed by atoms with E-state index < -0.39 is 27.5 Å². The number of sulfonamides is 1. The van der Waals surface area contributed by atoms with Gasteiger partial charge in [-0.1, -0.05) is 6.07 Å². The fourth-order valence-corrected chi connectivity index (χ4v) is 8.84. The molecule has 3 aromatic rings. The number of benzene rings is 2. The quantitative estimate of drug-likeness (QED) is 0.311. The maximum Gasteiger partial charge on any atom is 0.318 e. The van der Waals surface area contributed by atoms with Crippen LogP contribution in [0.4, 0.5) is 10.5 Å². The Morgan fingerprint density at radius 1 is 1.02 bits per heavy atom. The summed E-state index contributed by atoms with van der Waals surface area (Å²) in [6.07, 6.45) is 5.26. The Morgan fingerprint density at radius 2 is 1.76 bits per heavy atom. The second-order valence-corrected chi connectivity index (χ2v) is 14.5. The van der Waals surface area contributed by atoms with E-state index in [1.54, 1.807) is 55.4 Å². The van der Waals surface area contributed by atoms with Crippen molar-refractivity contribution < 1.29 is 32.2 Å². The third kappa shape index (κ3) is 6.61. The summed E-state index contributed by atoms with van der Waals surface area (Å²) >= 11 is 0. The number of nitrogens with zero attached hydrogens (tertiary/aromatic N) is 6. The minimum absolute atomic E-state index is 0.0150. The van der Waals surface area contributed by atoms with Gasteiger partial charge in [-0.05, 0) is 81.9 Å². The number of aromatic nitrogens is 1. The first kappa shape index (κ1) is 36.1. The zero-order chi connectivity index (χ0) is 36.3. The first-order chi connectivity index (χ1) is 24.6. The summed E-state index contributed by atoms with van der Waals surface area (Å²) in [4.78, 5) is 44.5. The SMILES string of the molecule is CCOc1ncccc1C1(NC(=O)N2CCN(C3CCN(C)CC3)CC2)C(=O)N(S(=O)(=O)c2ccc(OC)cc2OC)c2ccc(C=NC)cc21. The van der Waals surface area contributed by atoms with E-state index in [1.165, 1.54) is 38.6 Å². The number of methoxy groups -OCH3 is 2. The van der Waals surface area contributed by atoms with Crippen LogP contribution in [0.15, 0.2) is 64.6 Å². The first-order valence-corrected chi connectivity index (χ1v) is 18.5. The van der Waals surface area contributed by atoms with Gasteiger partial charge in [-0.15, -0.1) is 0 Å². The van der Waals surface area contributed by atoms with Gasteiger partial charge < -0.3 is 29.3 Å². The van der Waals surface area contributed by atoms with E-state index in [0.717, 1.165) is 30.2 Å². The largest absolute Gasteiger partial charge is 0.497 e. The van der Waals surface area contributed by atoms with Crippen LogP contribution in [0.25, 0.3) is 0 Å². The number of nitrogens with one attached hydrogen (secondary N) is 1. The summed E-state index contributed by atoms with van der Waals surface area (Å²) < 4.78 is 46.8. The lowest BCUT2D eigenvalue weighted by Gasteiger charge is -2.43. The van der Waals surface area contributed by atoms with Crippen LogP contribution in [-0.4, -0.2) is 126 Å². The molecule has 14 nitrogen and oxygen atoms in total. The van der Waals surface area contributed by atoms with Gasteiger partial charge in [0.15, 0.2) is 5.54 Å². The minimum Gasteiger partial charge on any atom is -0.497 e. The van der Waals surface area contributed by atoms with Gasteiger partial charge in [0, 0.05) is 63.3 Å². The molecule has 0 aliphatic carbocycles. The van der Waals surface area contributed by atoms with Crippen LogP contribution >= 0.6 is 0 Å². The normalized spacial score (nSPS) is 20.5. The van der Waals surface area contributed by atoms with Crippen LogP contribution in [0.1, 0.15) is 36.5 Å². The molecular formula is C36H45N7O7S. The highest BCUT2D eigenvalue weighted by Gasteiger charge is 2.59. The van der Waals surface area contributed by atoms with Gasteiger partial charge in [0.05, 0.1) is 32.1 Å². The molecule has 6 rings (SSSR count). The Labute approximate surface area is 299 Å². The second-order valence-electron chi connectivity index (χ2n) is 12.8. The molecule has 1 atom stereocenters. The van der Waals surface area contributed by atoms with E-state index in [1.807, 2.05) is 0 Å². The second kappa shape index (κ2) is 14.9. The predicted octanol–water partition coefficient (Wildman–Crippen LogP) is 2.95. The smallest absolute Gasteiger partial charge is 0.318 e. The Morgan fingerprint density at radius 3 is 2.43 bits per heavy atom. The fraction of sp³-hybridized carbons (Fsp3) is 0.444. The van der Waals surface area contributed by atoms with E-state index in [2.05, 4.69) is 32.1 Å². The van der Waals surface area contributed by atoms with Crippen molar-refractivity contribution in [1.29, 1.82) is 0 Å². The van der Waals surface area contributed by atoms with E-state index in [9.17, 15) is 13.2 Å². The number of aliphatic imine (C=N–C) groups is 1. The van der Waals surface area contributed by atoms with Crippen molar-refractivity contribution in [1.82, 2.24) is 25.0 Å². The summed E-state index contributed by atoms with van der Waals surface area (Å²) in [5.41, 5.74) is -0.974. The first-order valence-electron chi connectivity index (χ1n) is 17.1. The van der Waals surface area contributed by atoms with Crippen molar-refractivity contribution in [3.63, 3.8) is 0 Å². The maximum absolute atomic E-state index is 15.3. The average molecular weight is 720 g/mol. The Kier molecular flexibility index (Phi) is 10.5. The third-order valence-corrected chi connectivity index (χ3v) is 11.6. The molecule has 51 heavy (non-hydrogen) atoms. The van der Waals surface area contributed by atoms with Crippen molar-refractivity contribution in [2.24, 2.45) is 4.99 Å². The van der Waals surface area contributed by atoms with E-state index in [0.29, 0.717) is 43.5 Å². The van der Waals surface area contributed by atoms with Gasteiger partial charge in [-0.2, -0.15) is 4.31 Å². The van der Waals surface area contributed by atoms with Crippen molar-refractivity contribution in [2.45, 2.75) is 36.2 Å². The number of ether oxygens (including phenoxy) is 3. The molecule has 1 unspecified atom stereocenters. The van der Waals surface area contributed by atoms with Crippen molar-refractivity contribution in [3.8, 4) is 17.4 Å². The average Bonchev–Trinajstić information content (AvgIpc) is 3.39. The van der Waals surface area contributed by atoms with Crippen molar-refractivity contribution in [3.05, 3.63) is 71.4 Å². The van der Waals surface area contributed by atoms with Crippen LogP contribution in [-0.2, 0) is 20.4 Å². The van der Waals surface area contributed by atoms with E-state index in [4.69, 9.17) is 14.2 Å². The number of amides is 3. The number of hydrogen-bond acceptors (Lipinski definition) is 11. The van der Waals surface area contributed by atoms with Gasteiger partial charge in [-0.3, -0.25) is 14.7 Å². The zero-order valence-corrected chi connectivity index (χ0v) is 30.5. The van der Waals surface area contributed by atoms with Gasteiger partial charge >= 0.3 is 6.03 Å². The van der Waals surface area contributed by atoms with Gasteiger partial charge in [-0.25, -0.2) is 18.2 Å². The standard InChI is InChI=1S/C36H45N7O7S/c1-6-50-33-28(8-7-15-38-33)36(39-35(45)42-20-18-41(19-21-42)26-13-16-40(3)17-14-26)29-22-25(24-37-2)9-11-30(29)43(34(36)44)51(46,47)32-12-10-27(48-4)23-31(32)49-5/h7-12,15,22-24,26H,6,13-14,16-21H2,1-5H3,(H,39,45). The van der Waals surface area contributed by atoms with Crippen molar-refractivity contribution >= 4 is 33.9 Å². The Bertz CT molecular complexity index is 1910.